The quantitative estimate of drug-likeness (QED) is 0.916. The van der Waals surface area contributed by atoms with E-state index in [0.717, 1.165) is 6.07 Å². The number of imidazole rings is 1. The number of benzene rings is 1. The van der Waals surface area contributed by atoms with Crippen molar-refractivity contribution in [3.05, 3.63) is 29.8 Å². The number of rotatable bonds is 2. The Morgan fingerprint density at radius 3 is 2.90 bits per heavy atom. The van der Waals surface area contributed by atoms with Gasteiger partial charge in [0.25, 0.3) is 0 Å². The lowest BCUT2D eigenvalue weighted by atomic mass is 9.87. The van der Waals surface area contributed by atoms with Gasteiger partial charge < -0.3 is 14.4 Å². The largest absolute Gasteiger partial charge is 0.478 e. The van der Waals surface area contributed by atoms with Crippen LogP contribution in [0.1, 0.15) is 30.2 Å². The highest BCUT2D eigenvalue weighted by molar-refractivity contribution is 5.92. The van der Waals surface area contributed by atoms with Crippen molar-refractivity contribution in [2.45, 2.75) is 19.9 Å². The fourth-order valence-electron chi connectivity index (χ4n) is 2.68. The van der Waals surface area contributed by atoms with E-state index < -0.39 is 11.8 Å². The molecule has 1 aromatic carbocycles. The van der Waals surface area contributed by atoms with Crippen LogP contribution in [0.5, 0.6) is 0 Å². The third kappa shape index (κ3) is 1.87. The topological polar surface area (TPSA) is 64.4 Å². The van der Waals surface area contributed by atoms with Crippen molar-refractivity contribution in [2.24, 2.45) is 5.41 Å². The third-order valence-electron chi connectivity index (χ3n) is 3.87. The summed E-state index contributed by atoms with van der Waals surface area (Å²) >= 11 is 0. The van der Waals surface area contributed by atoms with Crippen molar-refractivity contribution in [3.8, 4) is 0 Å². The molecule has 5 nitrogen and oxygen atoms in total. The normalized spacial score (nSPS) is 21.4. The van der Waals surface area contributed by atoms with Crippen LogP contribution in [0, 0.1) is 11.2 Å². The highest BCUT2D eigenvalue weighted by Crippen LogP contribution is 2.39. The Bertz CT molecular complexity index is 693. The van der Waals surface area contributed by atoms with Crippen LogP contribution in [0.25, 0.3) is 11.0 Å². The maximum Gasteiger partial charge on any atom is 0.335 e. The highest BCUT2D eigenvalue weighted by Gasteiger charge is 2.37. The van der Waals surface area contributed by atoms with Crippen molar-refractivity contribution >= 4 is 17.0 Å². The summed E-state index contributed by atoms with van der Waals surface area (Å²) in [5, 5.41) is 9.04. The molecule has 1 saturated heterocycles. The van der Waals surface area contributed by atoms with Gasteiger partial charge in [-0.3, -0.25) is 0 Å². The summed E-state index contributed by atoms with van der Waals surface area (Å²) in [5.41, 5.74) is 0.501. The predicted molar refractivity (Wildman–Crippen MR) is 70.3 cm³/mol. The monoisotopic (exact) mass is 278 g/mol. The molecule has 0 radical (unpaired) electrons. The molecule has 20 heavy (non-hydrogen) atoms. The van der Waals surface area contributed by atoms with Crippen LogP contribution >= 0.6 is 0 Å². The summed E-state index contributed by atoms with van der Waals surface area (Å²) in [6.45, 7) is 5.25. The molecule has 2 aromatic rings. The second kappa shape index (κ2) is 4.28. The lowest BCUT2D eigenvalue weighted by Crippen LogP contribution is -2.25. The number of aromatic carboxylic acids is 1. The molecule has 0 amide bonds. The van der Waals surface area contributed by atoms with Crippen LogP contribution in [0.3, 0.4) is 0 Å². The average molecular weight is 278 g/mol. The van der Waals surface area contributed by atoms with E-state index >= 15 is 0 Å². The van der Waals surface area contributed by atoms with E-state index in [1.807, 2.05) is 4.57 Å². The zero-order valence-corrected chi connectivity index (χ0v) is 11.3. The lowest BCUT2D eigenvalue weighted by molar-refractivity contribution is 0.0696. The Kier molecular flexibility index (Phi) is 2.79. The Morgan fingerprint density at radius 2 is 2.30 bits per heavy atom. The van der Waals surface area contributed by atoms with Gasteiger partial charge in [0.1, 0.15) is 5.52 Å². The number of halogens is 1. The van der Waals surface area contributed by atoms with Gasteiger partial charge >= 0.3 is 5.97 Å². The summed E-state index contributed by atoms with van der Waals surface area (Å²) in [4.78, 5) is 15.1. The molecule has 106 valence electrons. The van der Waals surface area contributed by atoms with Crippen LogP contribution in [0.15, 0.2) is 18.5 Å². The molecule has 3 rings (SSSR count). The Labute approximate surface area is 115 Å². The number of hydrogen-bond acceptors (Lipinski definition) is 3. The van der Waals surface area contributed by atoms with E-state index in [1.54, 1.807) is 6.33 Å². The fourth-order valence-corrected chi connectivity index (χ4v) is 2.68. The summed E-state index contributed by atoms with van der Waals surface area (Å²) in [7, 11) is 0. The molecular weight excluding hydrogens is 263 g/mol. The average Bonchev–Trinajstić information content (AvgIpc) is 2.91. The zero-order chi connectivity index (χ0) is 14.5. The first-order valence-corrected chi connectivity index (χ1v) is 6.37. The molecule has 1 aromatic heterocycles. The van der Waals surface area contributed by atoms with Crippen LogP contribution < -0.4 is 0 Å². The molecule has 2 heterocycles. The van der Waals surface area contributed by atoms with Gasteiger partial charge in [0, 0.05) is 5.41 Å². The van der Waals surface area contributed by atoms with E-state index in [1.165, 1.54) is 6.07 Å². The second-order valence-electron chi connectivity index (χ2n) is 5.80. The molecule has 0 bridgehead atoms. The molecular formula is C14H15FN2O3. The number of fused-ring (bicyclic) bond motifs is 1. The van der Waals surface area contributed by atoms with Crippen LogP contribution in [0.2, 0.25) is 0 Å². The Balaban J connectivity index is 2.20. The van der Waals surface area contributed by atoms with E-state index in [-0.39, 0.29) is 22.5 Å². The van der Waals surface area contributed by atoms with Gasteiger partial charge in [0.2, 0.25) is 0 Å². The van der Waals surface area contributed by atoms with Crippen molar-refractivity contribution in [2.75, 3.05) is 13.2 Å². The summed E-state index contributed by atoms with van der Waals surface area (Å²) in [6.07, 6.45) is 1.56. The molecule has 6 heteroatoms. The van der Waals surface area contributed by atoms with Crippen LogP contribution in [-0.4, -0.2) is 33.8 Å². The zero-order valence-electron chi connectivity index (χ0n) is 11.3. The summed E-state index contributed by atoms with van der Waals surface area (Å²) in [6, 6.07) is 2.47. The molecule has 1 aliphatic heterocycles. The van der Waals surface area contributed by atoms with Gasteiger partial charge in [-0.25, -0.2) is 14.2 Å². The number of ether oxygens (including phenoxy) is 1. The first kappa shape index (κ1) is 13.1. The number of nitrogens with zero attached hydrogens (tertiary/aromatic N) is 2. The van der Waals surface area contributed by atoms with E-state index in [9.17, 15) is 9.18 Å². The van der Waals surface area contributed by atoms with E-state index in [0.29, 0.717) is 18.7 Å². The number of hydrogen-bond donors (Lipinski definition) is 1. The fraction of sp³-hybridized carbons (Fsp3) is 0.429. The number of carboxylic acids is 1. The van der Waals surface area contributed by atoms with Gasteiger partial charge in [0.05, 0.1) is 36.7 Å². The van der Waals surface area contributed by atoms with Gasteiger partial charge in [0.15, 0.2) is 5.82 Å². The number of carbonyl (C=O) groups is 1. The lowest BCUT2D eigenvalue weighted by Gasteiger charge is -2.26. The van der Waals surface area contributed by atoms with E-state index in [2.05, 4.69) is 18.8 Å². The molecule has 0 aliphatic carbocycles. The minimum Gasteiger partial charge on any atom is -0.478 e. The minimum absolute atomic E-state index is 0.0101. The predicted octanol–water partition coefficient (Wildman–Crippen LogP) is 2.47. The summed E-state index contributed by atoms with van der Waals surface area (Å²) < 4.78 is 21.2. The molecule has 1 atom stereocenters. The maximum absolute atomic E-state index is 13.9. The Morgan fingerprint density at radius 1 is 1.55 bits per heavy atom. The van der Waals surface area contributed by atoms with Crippen molar-refractivity contribution in [3.63, 3.8) is 0 Å². The van der Waals surface area contributed by atoms with E-state index in [4.69, 9.17) is 9.84 Å². The molecule has 0 spiro atoms. The molecule has 0 unspecified atom stereocenters. The van der Waals surface area contributed by atoms with Gasteiger partial charge in [-0.15, -0.1) is 0 Å². The maximum atomic E-state index is 13.9. The van der Waals surface area contributed by atoms with Crippen molar-refractivity contribution in [1.82, 2.24) is 9.55 Å². The molecule has 0 saturated carbocycles. The molecule has 1 N–H and O–H groups in total. The SMILES string of the molecule is CC1(C)COC[C@H]1n1cnc2c(F)cc(C(=O)O)cc21. The number of carboxylic acid groups (broad SMARTS) is 1. The first-order chi connectivity index (χ1) is 9.40. The second-order valence-corrected chi connectivity index (χ2v) is 5.80. The minimum atomic E-state index is -1.15. The highest BCUT2D eigenvalue weighted by atomic mass is 19.1. The molecule has 1 fully saturated rings. The van der Waals surface area contributed by atoms with Crippen molar-refractivity contribution in [1.29, 1.82) is 0 Å². The smallest absolute Gasteiger partial charge is 0.335 e. The van der Waals surface area contributed by atoms with Gasteiger partial charge in [-0.05, 0) is 12.1 Å². The van der Waals surface area contributed by atoms with Gasteiger partial charge in [-0.2, -0.15) is 0 Å². The Hall–Kier alpha value is -1.95. The standard InChI is InChI=1S/C14H15FN2O3/c1-14(2)6-20-5-11(14)17-7-16-12-9(15)3-8(13(18)19)4-10(12)17/h3-4,7,11H,5-6H2,1-2H3,(H,18,19)/t11-/m1/s1. The summed E-state index contributed by atoms with van der Waals surface area (Å²) in [5.74, 6) is -1.77. The van der Waals surface area contributed by atoms with Gasteiger partial charge in [-0.1, -0.05) is 13.8 Å². The van der Waals surface area contributed by atoms with Crippen LogP contribution in [0.4, 0.5) is 4.39 Å². The first-order valence-electron chi connectivity index (χ1n) is 6.37. The van der Waals surface area contributed by atoms with Crippen LogP contribution in [-0.2, 0) is 4.74 Å². The van der Waals surface area contributed by atoms with Crippen molar-refractivity contribution < 1.29 is 19.0 Å². The molecule has 1 aliphatic rings. The number of aromatic nitrogens is 2. The third-order valence-corrected chi connectivity index (χ3v) is 3.87.